The SMILES string of the molecule is CCOC(CNC(=O)c1cc(C)c(C)s1)CC(=O)O. The van der Waals surface area contributed by atoms with Gasteiger partial charge in [-0.2, -0.15) is 0 Å². The summed E-state index contributed by atoms with van der Waals surface area (Å²) in [6.45, 7) is 6.34. The maximum Gasteiger partial charge on any atom is 0.306 e. The van der Waals surface area contributed by atoms with Crippen molar-refractivity contribution in [1.29, 1.82) is 0 Å². The molecule has 0 fully saturated rings. The molecule has 0 bridgehead atoms. The number of nitrogens with one attached hydrogen (secondary N) is 1. The summed E-state index contributed by atoms with van der Waals surface area (Å²) in [4.78, 5) is 24.3. The number of hydrogen-bond acceptors (Lipinski definition) is 4. The average Bonchev–Trinajstić information content (AvgIpc) is 2.66. The lowest BCUT2D eigenvalue weighted by Crippen LogP contribution is -2.34. The van der Waals surface area contributed by atoms with Gasteiger partial charge in [0.25, 0.3) is 5.91 Å². The van der Waals surface area contributed by atoms with Crippen LogP contribution < -0.4 is 5.32 Å². The molecule has 1 atom stereocenters. The smallest absolute Gasteiger partial charge is 0.306 e. The van der Waals surface area contributed by atoms with Crippen molar-refractivity contribution in [3.63, 3.8) is 0 Å². The zero-order valence-corrected chi connectivity index (χ0v) is 12.2. The number of carbonyl (C=O) groups is 2. The minimum Gasteiger partial charge on any atom is -0.481 e. The predicted octanol–water partition coefficient (Wildman–Crippen LogP) is 1.97. The highest BCUT2D eigenvalue weighted by Gasteiger charge is 2.16. The minimum atomic E-state index is -0.935. The molecule has 1 aromatic rings. The highest BCUT2D eigenvalue weighted by molar-refractivity contribution is 7.14. The molecule has 1 aromatic heterocycles. The third-order valence-corrected chi connectivity index (χ3v) is 3.84. The van der Waals surface area contributed by atoms with Gasteiger partial charge in [-0.25, -0.2) is 0 Å². The van der Waals surface area contributed by atoms with Crippen molar-refractivity contribution >= 4 is 23.2 Å². The molecule has 0 radical (unpaired) electrons. The topological polar surface area (TPSA) is 75.6 Å². The first-order valence-electron chi connectivity index (χ1n) is 6.12. The second-order valence-corrected chi connectivity index (χ2v) is 5.49. The van der Waals surface area contributed by atoms with Gasteiger partial charge in [-0.05, 0) is 32.4 Å². The summed E-state index contributed by atoms with van der Waals surface area (Å²) in [7, 11) is 0. The summed E-state index contributed by atoms with van der Waals surface area (Å²) in [6.07, 6.45) is -0.606. The van der Waals surface area contributed by atoms with Crippen molar-refractivity contribution in [2.75, 3.05) is 13.2 Å². The zero-order chi connectivity index (χ0) is 14.4. The van der Waals surface area contributed by atoms with Gasteiger partial charge in [0.15, 0.2) is 0 Å². The van der Waals surface area contributed by atoms with Crippen LogP contribution in [0.25, 0.3) is 0 Å². The second kappa shape index (κ2) is 7.25. The third-order valence-electron chi connectivity index (χ3n) is 2.68. The van der Waals surface area contributed by atoms with Crippen LogP contribution in [0.3, 0.4) is 0 Å². The van der Waals surface area contributed by atoms with Gasteiger partial charge < -0.3 is 15.2 Å². The fraction of sp³-hybridized carbons (Fsp3) is 0.538. The first-order chi connectivity index (χ1) is 8.93. The fourth-order valence-electron chi connectivity index (χ4n) is 1.60. The highest BCUT2D eigenvalue weighted by Crippen LogP contribution is 2.20. The summed E-state index contributed by atoms with van der Waals surface area (Å²) in [5, 5.41) is 11.5. The summed E-state index contributed by atoms with van der Waals surface area (Å²) in [5.41, 5.74) is 1.09. The van der Waals surface area contributed by atoms with Crippen LogP contribution in [-0.2, 0) is 9.53 Å². The van der Waals surface area contributed by atoms with E-state index in [0.29, 0.717) is 11.5 Å². The maximum absolute atomic E-state index is 11.9. The molecule has 6 heteroatoms. The molecule has 0 aliphatic carbocycles. The number of carboxylic acid groups (broad SMARTS) is 1. The Hall–Kier alpha value is -1.40. The number of amides is 1. The molecule has 1 unspecified atom stereocenters. The largest absolute Gasteiger partial charge is 0.481 e. The number of aliphatic carboxylic acids is 1. The van der Waals surface area contributed by atoms with Crippen LogP contribution in [0.2, 0.25) is 0 Å². The Morgan fingerprint density at radius 3 is 2.63 bits per heavy atom. The van der Waals surface area contributed by atoms with E-state index in [4.69, 9.17) is 9.84 Å². The Kier molecular flexibility index (Phi) is 5.98. The Morgan fingerprint density at radius 2 is 2.16 bits per heavy atom. The first-order valence-corrected chi connectivity index (χ1v) is 6.94. The average molecular weight is 285 g/mol. The molecule has 0 aliphatic rings. The number of aryl methyl sites for hydroxylation is 2. The van der Waals surface area contributed by atoms with Crippen LogP contribution in [0.4, 0.5) is 0 Å². The van der Waals surface area contributed by atoms with E-state index in [0.717, 1.165) is 10.4 Å². The van der Waals surface area contributed by atoms with E-state index in [1.807, 2.05) is 19.9 Å². The molecule has 1 heterocycles. The molecule has 1 rings (SSSR count). The van der Waals surface area contributed by atoms with Crippen molar-refractivity contribution in [3.05, 3.63) is 21.4 Å². The third kappa shape index (κ3) is 5.00. The highest BCUT2D eigenvalue weighted by atomic mass is 32.1. The van der Waals surface area contributed by atoms with Crippen LogP contribution in [0, 0.1) is 13.8 Å². The van der Waals surface area contributed by atoms with E-state index in [1.165, 1.54) is 11.3 Å². The van der Waals surface area contributed by atoms with E-state index in [1.54, 1.807) is 6.92 Å². The molecule has 0 spiro atoms. The van der Waals surface area contributed by atoms with E-state index >= 15 is 0 Å². The number of carbonyl (C=O) groups excluding carboxylic acids is 1. The lowest BCUT2D eigenvalue weighted by molar-refractivity contribution is -0.140. The van der Waals surface area contributed by atoms with Gasteiger partial charge in [0, 0.05) is 18.0 Å². The quantitative estimate of drug-likeness (QED) is 0.803. The Balaban J connectivity index is 2.53. The number of thiophene rings is 1. The molecular formula is C13H19NO4S. The molecule has 5 nitrogen and oxygen atoms in total. The number of ether oxygens (including phenoxy) is 1. The molecule has 0 saturated heterocycles. The molecule has 0 aliphatic heterocycles. The zero-order valence-electron chi connectivity index (χ0n) is 11.4. The number of hydrogen-bond donors (Lipinski definition) is 2. The lowest BCUT2D eigenvalue weighted by Gasteiger charge is -2.15. The van der Waals surface area contributed by atoms with E-state index in [2.05, 4.69) is 5.32 Å². The Bertz CT molecular complexity index is 436. The van der Waals surface area contributed by atoms with Gasteiger partial charge in [0.2, 0.25) is 0 Å². The predicted molar refractivity (Wildman–Crippen MR) is 73.8 cm³/mol. The number of carboxylic acids is 1. The Labute approximate surface area is 116 Å². The summed E-state index contributed by atoms with van der Waals surface area (Å²) in [5.74, 6) is -1.12. The van der Waals surface area contributed by atoms with Crippen LogP contribution in [0.1, 0.15) is 33.5 Å². The van der Waals surface area contributed by atoms with Crippen molar-refractivity contribution < 1.29 is 19.4 Å². The maximum atomic E-state index is 11.9. The molecule has 2 N–H and O–H groups in total. The van der Waals surface area contributed by atoms with Crippen LogP contribution in [-0.4, -0.2) is 36.2 Å². The molecule has 1 amide bonds. The fourth-order valence-corrected chi connectivity index (χ4v) is 2.55. The number of rotatable bonds is 7. The molecule has 19 heavy (non-hydrogen) atoms. The van der Waals surface area contributed by atoms with Gasteiger partial charge in [-0.3, -0.25) is 9.59 Å². The molecule has 106 valence electrons. The van der Waals surface area contributed by atoms with E-state index < -0.39 is 12.1 Å². The minimum absolute atomic E-state index is 0.114. The first kappa shape index (κ1) is 15.7. The van der Waals surface area contributed by atoms with Crippen LogP contribution in [0.5, 0.6) is 0 Å². The second-order valence-electron chi connectivity index (χ2n) is 4.24. The van der Waals surface area contributed by atoms with Crippen molar-refractivity contribution in [2.24, 2.45) is 0 Å². The molecular weight excluding hydrogens is 266 g/mol. The normalized spacial score (nSPS) is 12.2. The standard InChI is InChI=1S/C13H19NO4S/c1-4-18-10(6-12(15)16)7-14-13(17)11-5-8(2)9(3)19-11/h5,10H,4,6-7H2,1-3H3,(H,14,17)(H,15,16). The van der Waals surface area contributed by atoms with Gasteiger partial charge in [0.1, 0.15) is 0 Å². The van der Waals surface area contributed by atoms with E-state index in [9.17, 15) is 9.59 Å². The van der Waals surface area contributed by atoms with Crippen LogP contribution in [0.15, 0.2) is 6.07 Å². The van der Waals surface area contributed by atoms with Gasteiger partial charge >= 0.3 is 5.97 Å². The van der Waals surface area contributed by atoms with Crippen molar-refractivity contribution in [2.45, 2.75) is 33.3 Å². The monoisotopic (exact) mass is 285 g/mol. The summed E-state index contributed by atoms with van der Waals surface area (Å²) >= 11 is 1.43. The molecule has 0 saturated carbocycles. The van der Waals surface area contributed by atoms with Gasteiger partial charge in [0.05, 0.1) is 17.4 Å². The Morgan fingerprint density at radius 1 is 1.47 bits per heavy atom. The van der Waals surface area contributed by atoms with Crippen LogP contribution >= 0.6 is 11.3 Å². The molecule has 0 aromatic carbocycles. The van der Waals surface area contributed by atoms with Gasteiger partial charge in [-0.15, -0.1) is 11.3 Å². The van der Waals surface area contributed by atoms with Crippen molar-refractivity contribution in [1.82, 2.24) is 5.32 Å². The van der Waals surface area contributed by atoms with Crippen molar-refractivity contribution in [3.8, 4) is 0 Å². The lowest BCUT2D eigenvalue weighted by atomic mass is 10.2. The summed E-state index contributed by atoms with van der Waals surface area (Å²) < 4.78 is 5.28. The summed E-state index contributed by atoms with van der Waals surface area (Å²) in [6, 6.07) is 1.84. The van der Waals surface area contributed by atoms with Gasteiger partial charge in [-0.1, -0.05) is 0 Å². The van der Waals surface area contributed by atoms with E-state index in [-0.39, 0.29) is 18.9 Å².